The third-order valence-electron chi connectivity index (χ3n) is 3.94. The lowest BCUT2D eigenvalue weighted by Gasteiger charge is -2.20. The second-order valence-electron chi connectivity index (χ2n) is 5.82. The van der Waals surface area contributed by atoms with Crippen LogP contribution in [0, 0.1) is 13.8 Å². The molecule has 0 radical (unpaired) electrons. The molecule has 4 heteroatoms. The molecular weight excluding hydrogens is 276 g/mol. The summed E-state index contributed by atoms with van der Waals surface area (Å²) in [7, 11) is 0. The van der Waals surface area contributed by atoms with Gasteiger partial charge in [-0.15, -0.1) is 0 Å². The number of likely N-dealkylation sites (N-methyl/N-ethyl adjacent to an activating group) is 1. The first-order valence-corrected chi connectivity index (χ1v) is 8.27. The molecule has 0 aliphatic heterocycles. The Morgan fingerprint density at radius 3 is 2.36 bits per heavy atom. The number of unbranched alkanes of at least 4 members (excludes halogenated alkanes) is 3. The van der Waals surface area contributed by atoms with Crippen molar-refractivity contribution in [2.24, 2.45) is 0 Å². The van der Waals surface area contributed by atoms with E-state index in [0.717, 1.165) is 55.6 Å². The monoisotopic (exact) mass is 306 g/mol. The lowest BCUT2D eigenvalue weighted by Crippen LogP contribution is -2.34. The van der Waals surface area contributed by atoms with Crippen LogP contribution in [0.2, 0.25) is 0 Å². The van der Waals surface area contributed by atoms with Crippen LogP contribution in [-0.4, -0.2) is 42.2 Å². The fourth-order valence-electron chi connectivity index (χ4n) is 2.54. The van der Waals surface area contributed by atoms with Gasteiger partial charge in [-0.3, -0.25) is 9.69 Å². The number of carbonyl (C=O) groups is 1. The Morgan fingerprint density at radius 1 is 1.14 bits per heavy atom. The lowest BCUT2D eigenvalue weighted by molar-refractivity contribution is -0.117. The second kappa shape index (κ2) is 10.4. The first kappa shape index (κ1) is 18.7. The van der Waals surface area contributed by atoms with Crippen molar-refractivity contribution in [2.75, 3.05) is 31.6 Å². The Kier molecular flexibility index (Phi) is 8.78. The molecule has 0 saturated heterocycles. The lowest BCUT2D eigenvalue weighted by atomic mass is 10.1. The van der Waals surface area contributed by atoms with Gasteiger partial charge in [0.25, 0.3) is 0 Å². The number of anilines is 1. The highest BCUT2D eigenvalue weighted by Crippen LogP contribution is 2.19. The van der Waals surface area contributed by atoms with Crippen LogP contribution in [0.15, 0.2) is 18.2 Å². The fourth-order valence-corrected chi connectivity index (χ4v) is 2.54. The first-order chi connectivity index (χ1) is 10.6. The molecule has 124 valence electrons. The van der Waals surface area contributed by atoms with Gasteiger partial charge in [0.05, 0.1) is 6.54 Å². The van der Waals surface area contributed by atoms with Crippen LogP contribution in [0.4, 0.5) is 5.69 Å². The first-order valence-electron chi connectivity index (χ1n) is 8.27. The number of amides is 1. The minimum atomic E-state index is 0.0506. The zero-order valence-electron chi connectivity index (χ0n) is 14.2. The van der Waals surface area contributed by atoms with Gasteiger partial charge in [0.2, 0.25) is 5.91 Å². The molecule has 0 atom stereocenters. The maximum Gasteiger partial charge on any atom is 0.238 e. The van der Waals surface area contributed by atoms with E-state index in [2.05, 4.69) is 17.1 Å². The summed E-state index contributed by atoms with van der Waals surface area (Å²) in [6.45, 7) is 8.63. The molecular formula is C18H30N2O2. The Bertz CT molecular complexity index is 440. The molecule has 0 spiro atoms. The number of aliphatic hydroxyl groups is 1. The van der Waals surface area contributed by atoms with Crippen LogP contribution >= 0.6 is 0 Å². The van der Waals surface area contributed by atoms with Crippen molar-refractivity contribution in [3.05, 3.63) is 29.3 Å². The Morgan fingerprint density at radius 2 is 1.77 bits per heavy atom. The van der Waals surface area contributed by atoms with Crippen LogP contribution in [-0.2, 0) is 4.79 Å². The van der Waals surface area contributed by atoms with Gasteiger partial charge >= 0.3 is 0 Å². The summed E-state index contributed by atoms with van der Waals surface area (Å²) in [5, 5.41) is 11.8. The van der Waals surface area contributed by atoms with E-state index in [4.69, 9.17) is 5.11 Å². The Labute approximate surface area is 134 Å². The normalized spacial score (nSPS) is 11.0. The van der Waals surface area contributed by atoms with Crippen molar-refractivity contribution in [3.63, 3.8) is 0 Å². The number of hydrogen-bond acceptors (Lipinski definition) is 3. The molecule has 0 fully saturated rings. The second-order valence-corrected chi connectivity index (χ2v) is 5.82. The summed E-state index contributed by atoms with van der Waals surface area (Å²) in [5.74, 6) is 0.0506. The van der Waals surface area contributed by atoms with Crippen LogP contribution in [0.1, 0.15) is 43.7 Å². The van der Waals surface area contributed by atoms with E-state index in [0.29, 0.717) is 6.54 Å². The summed E-state index contributed by atoms with van der Waals surface area (Å²) < 4.78 is 0. The SMILES string of the molecule is CCN(CCCCCCO)CC(=O)Nc1c(C)cccc1C. The average molecular weight is 306 g/mol. The number of rotatable bonds is 10. The maximum absolute atomic E-state index is 12.2. The Hall–Kier alpha value is -1.39. The molecule has 22 heavy (non-hydrogen) atoms. The van der Waals surface area contributed by atoms with Crippen molar-refractivity contribution in [2.45, 2.75) is 46.5 Å². The van der Waals surface area contributed by atoms with Crippen molar-refractivity contribution < 1.29 is 9.90 Å². The zero-order chi connectivity index (χ0) is 16.4. The number of nitrogens with zero attached hydrogens (tertiary/aromatic N) is 1. The van der Waals surface area contributed by atoms with Gasteiger partial charge in [0.15, 0.2) is 0 Å². The third kappa shape index (κ3) is 6.58. The number of para-hydroxylation sites is 1. The summed E-state index contributed by atoms with van der Waals surface area (Å²) in [6.07, 6.45) is 4.11. The van der Waals surface area contributed by atoms with Gasteiger partial charge in [-0.1, -0.05) is 38.0 Å². The Balaban J connectivity index is 2.41. The molecule has 1 amide bonds. The van der Waals surface area contributed by atoms with E-state index in [1.165, 1.54) is 0 Å². The third-order valence-corrected chi connectivity index (χ3v) is 3.94. The summed E-state index contributed by atoms with van der Waals surface area (Å²) >= 11 is 0. The van der Waals surface area contributed by atoms with Gasteiger partial charge < -0.3 is 10.4 Å². The van der Waals surface area contributed by atoms with E-state index in [1.54, 1.807) is 0 Å². The van der Waals surface area contributed by atoms with Crippen molar-refractivity contribution >= 4 is 11.6 Å². The maximum atomic E-state index is 12.2. The average Bonchev–Trinajstić information content (AvgIpc) is 2.49. The van der Waals surface area contributed by atoms with Crippen LogP contribution < -0.4 is 5.32 Å². The number of carbonyl (C=O) groups excluding carboxylic acids is 1. The zero-order valence-corrected chi connectivity index (χ0v) is 14.2. The number of aliphatic hydroxyl groups excluding tert-OH is 1. The van der Waals surface area contributed by atoms with E-state index >= 15 is 0 Å². The predicted molar refractivity (Wildman–Crippen MR) is 92.2 cm³/mol. The number of aryl methyl sites for hydroxylation is 2. The topological polar surface area (TPSA) is 52.6 Å². The molecule has 0 saturated carbocycles. The van der Waals surface area contributed by atoms with Crippen molar-refractivity contribution in [1.82, 2.24) is 4.90 Å². The van der Waals surface area contributed by atoms with Gasteiger partial charge in [0, 0.05) is 12.3 Å². The van der Waals surface area contributed by atoms with Gasteiger partial charge in [0.1, 0.15) is 0 Å². The molecule has 0 unspecified atom stereocenters. The minimum Gasteiger partial charge on any atom is -0.396 e. The van der Waals surface area contributed by atoms with E-state index in [-0.39, 0.29) is 12.5 Å². The predicted octanol–water partition coefficient (Wildman–Crippen LogP) is 3.12. The van der Waals surface area contributed by atoms with Crippen LogP contribution in [0.3, 0.4) is 0 Å². The van der Waals surface area contributed by atoms with Gasteiger partial charge in [-0.2, -0.15) is 0 Å². The minimum absolute atomic E-state index is 0.0506. The quantitative estimate of drug-likeness (QED) is 0.653. The van der Waals surface area contributed by atoms with E-state index in [9.17, 15) is 4.79 Å². The van der Waals surface area contributed by atoms with Gasteiger partial charge in [-0.05, 0) is 50.9 Å². The fraction of sp³-hybridized carbons (Fsp3) is 0.611. The summed E-state index contributed by atoms with van der Waals surface area (Å²) in [4.78, 5) is 14.4. The molecule has 0 aliphatic carbocycles. The largest absolute Gasteiger partial charge is 0.396 e. The molecule has 0 heterocycles. The highest BCUT2D eigenvalue weighted by molar-refractivity contribution is 5.93. The molecule has 1 aromatic carbocycles. The number of nitrogens with one attached hydrogen (secondary N) is 1. The molecule has 0 aliphatic rings. The van der Waals surface area contributed by atoms with Crippen molar-refractivity contribution in [1.29, 1.82) is 0 Å². The summed E-state index contributed by atoms with van der Waals surface area (Å²) in [5.41, 5.74) is 3.13. The molecule has 2 N–H and O–H groups in total. The molecule has 0 aromatic heterocycles. The van der Waals surface area contributed by atoms with Crippen LogP contribution in [0.5, 0.6) is 0 Å². The number of benzene rings is 1. The molecule has 1 aromatic rings. The van der Waals surface area contributed by atoms with E-state index in [1.807, 2.05) is 32.0 Å². The number of hydrogen-bond donors (Lipinski definition) is 2. The van der Waals surface area contributed by atoms with E-state index < -0.39 is 0 Å². The summed E-state index contributed by atoms with van der Waals surface area (Å²) in [6, 6.07) is 6.04. The standard InChI is InChI=1S/C18H30N2O2/c1-4-20(12-7-5-6-8-13-21)14-17(22)19-18-15(2)10-9-11-16(18)3/h9-11,21H,4-8,12-14H2,1-3H3,(H,19,22). The highest BCUT2D eigenvalue weighted by atomic mass is 16.2. The van der Waals surface area contributed by atoms with Gasteiger partial charge in [-0.25, -0.2) is 0 Å². The van der Waals surface area contributed by atoms with Crippen molar-refractivity contribution in [3.8, 4) is 0 Å². The smallest absolute Gasteiger partial charge is 0.238 e. The van der Waals surface area contributed by atoms with Crippen LogP contribution in [0.25, 0.3) is 0 Å². The molecule has 0 bridgehead atoms. The molecule has 1 rings (SSSR count). The molecule has 4 nitrogen and oxygen atoms in total. The highest BCUT2D eigenvalue weighted by Gasteiger charge is 2.11.